The van der Waals surface area contributed by atoms with Gasteiger partial charge in [0.1, 0.15) is 29.5 Å². The molecule has 0 radical (unpaired) electrons. The third-order valence-corrected chi connectivity index (χ3v) is 7.80. The van der Waals surface area contributed by atoms with E-state index in [1.807, 2.05) is 36.9 Å². The molecule has 212 valence electrons. The molecule has 3 aromatic rings. The standard InChI is InChI=1S/C31H36FN3O5/c1-22(2)35-18-19-38-27-13-6-3-9-23(27)10-7-8-14-31(30(35)37)15-16-34(17-20-39-31)29(36)28-21-26(33-40-28)24-11-4-5-12-25(24)32/h3-6,9,11-13,21-22H,7-8,10,14-20H2,1-2H3. The van der Waals surface area contributed by atoms with Crippen molar-refractivity contribution in [2.75, 3.05) is 32.8 Å². The predicted octanol–water partition coefficient (Wildman–Crippen LogP) is 5.12. The summed E-state index contributed by atoms with van der Waals surface area (Å²) >= 11 is 0. The first-order valence-corrected chi connectivity index (χ1v) is 14.0. The second-order valence-electron chi connectivity index (χ2n) is 10.7. The number of halogens is 1. The SMILES string of the molecule is CC(C)N1CCOc2ccccc2CCCCC2(CCN(C(=O)c3cc(-c4ccccc4F)no3)CCO2)C1=O. The van der Waals surface area contributed by atoms with Crippen LogP contribution in [0, 0.1) is 5.82 Å². The van der Waals surface area contributed by atoms with Crippen molar-refractivity contribution in [2.24, 2.45) is 0 Å². The number of hydrogen-bond acceptors (Lipinski definition) is 6. The van der Waals surface area contributed by atoms with E-state index in [4.69, 9.17) is 14.0 Å². The Morgan fingerprint density at radius 1 is 1.00 bits per heavy atom. The van der Waals surface area contributed by atoms with E-state index in [0.717, 1.165) is 25.0 Å². The van der Waals surface area contributed by atoms with Crippen LogP contribution in [0.25, 0.3) is 11.3 Å². The van der Waals surface area contributed by atoms with E-state index in [1.54, 1.807) is 23.1 Å². The van der Waals surface area contributed by atoms with E-state index in [0.29, 0.717) is 39.1 Å². The molecule has 0 aliphatic carbocycles. The minimum absolute atomic E-state index is 0.0267. The third-order valence-electron chi connectivity index (χ3n) is 7.80. The van der Waals surface area contributed by atoms with Gasteiger partial charge in [0.25, 0.3) is 11.8 Å². The first-order chi connectivity index (χ1) is 19.4. The quantitative estimate of drug-likeness (QED) is 0.451. The fourth-order valence-corrected chi connectivity index (χ4v) is 5.54. The normalized spacial score (nSPS) is 20.9. The highest BCUT2D eigenvalue weighted by Gasteiger charge is 2.44. The van der Waals surface area contributed by atoms with E-state index in [1.165, 1.54) is 17.7 Å². The number of hydrogen-bond donors (Lipinski definition) is 0. The lowest BCUT2D eigenvalue weighted by Crippen LogP contribution is -2.54. The number of para-hydroxylation sites is 1. The van der Waals surface area contributed by atoms with Crippen LogP contribution in [0.2, 0.25) is 0 Å². The molecule has 0 saturated carbocycles. The van der Waals surface area contributed by atoms with Gasteiger partial charge in [0.05, 0.1) is 13.2 Å². The minimum Gasteiger partial charge on any atom is -0.491 e. The highest BCUT2D eigenvalue weighted by molar-refractivity contribution is 5.92. The van der Waals surface area contributed by atoms with Crippen LogP contribution in [0.4, 0.5) is 4.39 Å². The number of carbonyl (C=O) groups is 2. The number of carbonyl (C=O) groups excluding carboxylic acids is 2. The van der Waals surface area contributed by atoms with Gasteiger partial charge in [0, 0.05) is 37.2 Å². The number of nitrogens with zero attached hydrogens (tertiary/aromatic N) is 3. The molecule has 2 amide bonds. The molecule has 2 aromatic carbocycles. The van der Waals surface area contributed by atoms with Gasteiger partial charge < -0.3 is 23.8 Å². The average molecular weight is 550 g/mol. The zero-order valence-electron chi connectivity index (χ0n) is 23.1. The van der Waals surface area contributed by atoms with Gasteiger partial charge in [0.15, 0.2) is 0 Å². The summed E-state index contributed by atoms with van der Waals surface area (Å²) in [6.07, 6.45) is 3.48. The Morgan fingerprint density at radius 3 is 2.62 bits per heavy atom. The zero-order valence-corrected chi connectivity index (χ0v) is 23.1. The summed E-state index contributed by atoms with van der Waals surface area (Å²) in [5, 5.41) is 3.92. The van der Waals surface area contributed by atoms with Crippen LogP contribution in [-0.2, 0) is 16.0 Å². The molecule has 0 N–H and O–H groups in total. The summed E-state index contributed by atoms with van der Waals surface area (Å²) in [5.74, 6) is 0.0422. The molecule has 40 heavy (non-hydrogen) atoms. The topological polar surface area (TPSA) is 85.1 Å². The molecular formula is C31H36FN3O5. The summed E-state index contributed by atoms with van der Waals surface area (Å²) in [6.45, 7) is 5.67. The highest BCUT2D eigenvalue weighted by Crippen LogP contribution is 2.32. The Labute approximate surface area is 234 Å². The second-order valence-corrected chi connectivity index (χ2v) is 10.7. The van der Waals surface area contributed by atoms with Gasteiger partial charge >= 0.3 is 0 Å². The number of benzene rings is 2. The lowest BCUT2D eigenvalue weighted by Gasteiger charge is -2.38. The number of rotatable bonds is 3. The van der Waals surface area contributed by atoms with Gasteiger partial charge in [-0.15, -0.1) is 0 Å². The smallest absolute Gasteiger partial charge is 0.292 e. The van der Waals surface area contributed by atoms with Gasteiger partial charge in [-0.2, -0.15) is 0 Å². The monoisotopic (exact) mass is 549 g/mol. The van der Waals surface area contributed by atoms with Gasteiger partial charge in [-0.25, -0.2) is 4.39 Å². The fraction of sp³-hybridized carbons (Fsp3) is 0.452. The zero-order chi connectivity index (χ0) is 28.1. The van der Waals surface area contributed by atoms with Crippen molar-refractivity contribution in [2.45, 2.75) is 57.6 Å². The van der Waals surface area contributed by atoms with Crippen molar-refractivity contribution in [1.29, 1.82) is 0 Å². The molecule has 1 atom stereocenters. The van der Waals surface area contributed by atoms with E-state index in [2.05, 4.69) is 11.2 Å². The van der Waals surface area contributed by atoms with Crippen molar-refractivity contribution in [1.82, 2.24) is 15.0 Å². The molecule has 2 aliphatic rings. The fourth-order valence-electron chi connectivity index (χ4n) is 5.54. The Bertz CT molecular complexity index is 1340. The van der Waals surface area contributed by atoms with Gasteiger partial charge in [0.2, 0.25) is 5.76 Å². The molecule has 1 spiro atoms. The van der Waals surface area contributed by atoms with Crippen molar-refractivity contribution >= 4 is 11.8 Å². The number of amides is 2. The third kappa shape index (κ3) is 5.89. The average Bonchev–Trinajstić information content (AvgIpc) is 3.34. The first-order valence-electron chi connectivity index (χ1n) is 14.0. The van der Waals surface area contributed by atoms with Crippen LogP contribution >= 0.6 is 0 Å². The number of ether oxygens (including phenoxy) is 2. The molecule has 1 unspecified atom stereocenters. The number of fused-ring (bicyclic) bond motifs is 1. The van der Waals surface area contributed by atoms with Gasteiger partial charge in [-0.05, 0) is 63.3 Å². The van der Waals surface area contributed by atoms with Crippen LogP contribution in [0.5, 0.6) is 5.75 Å². The summed E-state index contributed by atoms with van der Waals surface area (Å²) in [7, 11) is 0. The molecule has 3 heterocycles. The van der Waals surface area contributed by atoms with Crippen LogP contribution in [-0.4, -0.2) is 71.3 Å². The van der Waals surface area contributed by atoms with Crippen molar-refractivity contribution in [3.05, 3.63) is 71.7 Å². The van der Waals surface area contributed by atoms with Crippen molar-refractivity contribution in [3.63, 3.8) is 0 Å². The largest absolute Gasteiger partial charge is 0.491 e. The van der Waals surface area contributed by atoms with Crippen LogP contribution in [0.3, 0.4) is 0 Å². The van der Waals surface area contributed by atoms with E-state index < -0.39 is 11.4 Å². The summed E-state index contributed by atoms with van der Waals surface area (Å²) in [6, 6.07) is 15.7. The Hall–Kier alpha value is -3.72. The molecular weight excluding hydrogens is 513 g/mol. The highest BCUT2D eigenvalue weighted by atomic mass is 19.1. The van der Waals surface area contributed by atoms with Crippen molar-refractivity contribution in [3.8, 4) is 17.0 Å². The van der Waals surface area contributed by atoms with Gasteiger partial charge in [-0.1, -0.05) is 35.5 Å². The van der Waals surface area contributed by atoms with E-state index in [9.17, 15) is 14.0 Å². The Morgan fingerprint density at radius 2 is 1.80 bits per heavy atom. The molecule has 1 fully saturated rings. The van der Waals surface area contributed by atoms with Crippen LogP contribution < -0.4 is 4.74 Å². The molecule has 8 nitrogen and oxygen atoms in total. The van der Waals surface area contributed by atoms with Gasteiger partial charge in [-0.3, -0.25) is 9.59 Å². The molecule has 0 bridgehead atoms. The van der Waals surface area contributed by atoms with Crippen molar-refractivity contribution < 1.29 is 28.0 Å². The molecule has 9 heteroatoms. The Kier molecular flexibility index (Phi) is 8.49. The number of aromatic nitrogens is 1. The summed E-state index contributed by atoms with van der Waals surface area (Å²) in [5.41, 5.74) is 0.662. The minimum atomic E-state index is -1.03. The maximum Gasteiger partial charge on any atom is 0.292 e. The van der Waals surface area contributed by atoms with E-state index >= 15 is 0 Å². The Balaban J connectivity index is 1.33. The lowest BCUT2D eigenvalue weighted by atomic mass is 9.89. The van der Waals surface area contributed by atoms with Crippen LogP contribution in [0.15, 0.2) is 59.1 Å². The maximum atomic E-state index is 14.2. The number of aryl methyl sites for hydroxylation is 1. The molecule has 2 aliphatic heterocycles. The summed E-state index contributed by atoms with van der Waals surface area (Å²) in [4.78, 5) is 30.9. The molecule has 1 aromatic heterocycles. The lowest BCUT2D eigenvalue weighted by molar-refractivity contribution is -0.161. The summed E-state index contributed by atoms with van der Waals surface area (Å²) < 4.78 is 32.0. The molecule has 1 saturated heterocycles. The second kappa shape index (κ2) is 12.2. The maximum absolute atomic E-state index is 14.2. The predicted molar refractivity (Wildman–Crippen MR) is 147 cm³/mol. The van der Waals surface area contributed by atoms with E-state index in [-0.39, 0.29) is 41.5 Å². The first kappa shape index (κ1) is 27.8. The molecule has 5 rings (SSSR count). The van der Waals surface area contributed by atoms with Crippen LogP contribution in [0.1, 0.15) is 55.6 Å².